The summed E-state index contributed by atoms with van der Waals surface area (Å²) in [6.07, 6.45) is 0.987. The second-order valence-corrected chi connectivity index (χ2v) is 5.19. The highest BCUT2D eigenvalue weighted by Crippen LogP contribution is 2.11. The predicted molar refractivity (Wildman–Crippen MR) is 60.0 cm³/mol. The van der Waals surface area contributed by atoms with E-state index in [0.717, 1.165) is 6.42 Å². The van der Waals surface area contributed by atoms with Crippen molar-refractivity contribution in [3.05, 3.63) is 0 Å². The highest BCUT2D eigenvalue weighted by molar-refractivity contribution is 5.86. The predicted octanol–water partition coefficient (Wildman–Crippen LogP) is 1.18. The van der Waals surface area contributed by atoms with E-state index >= 15 is 0 Å². The van der Waals surface area contributed by atoms with Crippen LogP contribution in [0.2, 0.25) is 0 Å². The van der Waals surface area contributed by atoms with Crippen LogP contribution in [-0.2, 0) is 9.53 Å². The van der Waals surface area contributed by atoms with Gasteiger partial charge in [0.2, 0.25) is 5.91 Å². The Labute approximate surface area is 95.9 Å². The third-order valence-corrected chi connectivity index (χ3v) is 2.28. The summed E-state index contributed by atoms with van der Waals surface area (Å²) < 4.78 is 5.09. The Morgan fingerprint density at radius 2 is 2.06 bits per heavy atom. The van der Waals surface area contributed by atoms with Crippen LogP contribution in [0.3, 0.4) is 0 Å². The lowest BCUT2D eigenvalue weighted by Crippen LogP contribution is -2.53. The van der Waals surface area contributed by atoms with E-state index in [4.69, 9.17) is 4.74 Å². The fourth-order valence-electron chi connectivity index (χ4n) is 1.55. The van der Waals surface area contributed by atoms with Gasteiger partial charge in [-0.3, -0.25) is 4.79 Å². The molecule has 0 radical (unpaired) electrons. The average Bonchev–Trinajstić information content (AvgIpc) is 2.06. The summed E-state index contributed by atoms with van der Waals surface area (Å²) >= 11 is 0. The Kier molecular flexibility index (Phi) is 3.78. The molecule has 5 nitrogen and oxygen atoms in total. The molecule has 1 aliphatic rings. The normalized spacial score (nSPS) is 25.9. The van der Waals surface area contributed by atoms with Crippen molar-refractivity contribution in [2.75, 3.05) is 0 Å². The lowest BCUT2D eigenvalue weighted by molar-refractivity contribution is -0.125. The molecule has 0 saturated carbocycles. The summed E-state index contributed by atoms with van der Waals surface area (Å²) in [6, 6.07) is -0.282. The standard InChI is InChI=1S/C11H20N2O3/c1-7-5-6-8(9(14)12-7)13-10(15)16-11(2,3)4/h7-8H,5-6H2,1-4H3,(H,12,14)(H,13,15)/t7-,8?/m0/s1. The molecule has 0 aliphatic carbocycles. The molecule has 5 heteroatoms. The molecule has 0 aromatic rings. The molecule has 1 saturated heterocycles. The van der Waals surface area contributed by atoms with Gasteiger partial charge in [0.05, 0.1) is 0 Å². The van der Waals surface area contributed by atoms with Gasteiger partial charge < -0.3 is 15.4 Å². The summed E-state index contributed by atoms with van der Waals surface area (Å²) in [7, 11) is 0. The molecule has 1 rings (SSSR count). The Morgan fingerprint density at radius 3 is 2.56 bits per heavy atom. The van der Waals surface area contributed by atoms with Gasteiger partial charge in [-0.1, -0.05) is 0 Å². The van der Waals surface area contributed by atoms with Gasteiger partial charge in [0.25, 0.3) is 0 Å². The first-order valence-corrected chi connectivity index (χ1v) is 5.58. The number of amides is 2. The van der Waals surface area contributed by atoms with Gasteiger partial charge >= 0.3 is 6.09 Å². The zero-order valence-electron chi connectivity index (χ0n) is 10.3. The van der Waals surface area contributed by atoms with E-state index in [1.165, 1.54) is 0 Å². The quantitative estimate of drug-likeness (QED) is 0.708. The summed E-state index contributed by atoms with van der Waals surface area (Å²) in [6.45, 7) is 7.31. The van der Waals surface area contributed by atoms with E-state index in [0.29, 0.717) is 6.42 Å². The van der Waals surface area contributed by atoms with Crippen molar-refractivity contribution in [3.8, 4) is 0 Å². The van der Waals surface area contributed by atoms with Crippen molar-refractivity contribution in [1.29, 1.82) is 0 Å². The highest BCUT2D eigenvalue weighted by Gasteiger charge is 2.28. The van der Waals surface area contributed by atoms with E-state index in [1.807, 2.05) is 6.92 Å². The van der Waals surface area contributed by atoms with Gasteiger partial charge in [-0.25, -0.2) is 4.79 Å². The minimum atomic E-state index is -0.540. The molecular weight excluding hydrogens is 208 g/mol. The number of carbonyl (C=O) groups is 2. The minimum Gasteiger partial charge on any atom is -0.444 e. The van der Waals surface area contributed by atoms with Gasteiger partial charge in [0.1, 0.15) is 11.6 Å². The van der Waals surface area contributed by atoms with Crippen LogP contribution in [-0.4, -0.2) is 29.7 Å². The monoisotopic (exact) mass is 228 g/mol. The van der Waals surface area contributed by atoms with Crippen LogP contribution in [0.1, 0.15) is 40.5 Å². The zero-order valence-corrected chi connectivity index (χ0v) is 10.3. The van der Waals surface area contributed by atoms with E-state index < -0.39 is 17.7 Å². The second-order valence-electron chi connectivity index (χ2n) is 5.19. The van der Waals surface area contributed by atoms with Crippen LogP contribution in [0.5, 0.6) is 0 Å². The Hall–Kier alpha value is -1.26. The number of piperidine rings is 1. The average molecular weight is 228 g/mol. The maximum Gasteiger partial charge on any atom is 0.408 e. The van der Waals surface area contributed by atoms with Crippen LogP contribution in [0.15, 0.2) is 0 Å². The van der Waals surface area contributed by atoms with Crippen molar-refractivity contribution in [2.24, 2.45) is 0 Å². The molecule has 92 valence electrons. The minimum absolute atomic E-state index is 0.135. The molecule has 16 heavy (non-hydrogen) atoms. The Bertz CT molecular complexity index is 283. The molecule has 1 heterocycles. The molecule has 1 aliphatic heterocycles. The van der Waals surface area contributed by atoms with Crippen LogP contribution in [0, 0.1) is 0 Å². The summed E-state index contributed by atoms with van der Waals surface area (Å²) in [5.74, 6) is -0.135. The van der Waals surface area contributed by atoms with Gasteiger partial charge in [-0.2, -0.15) is 0 Å². The summed E-state index contributed by atoms with van der Waals surface area (Å²) in [5, 5.41) is 5.36. The largest absolute Gasteiger partial charge is 0.444 e. The molecule has 0 bridgehead atoms. The third-order valence-electron chi connectivity index (χ3n) is 2.28. The Morgan fingerprint density at radius 1 is 1.44 bits per heavy atom. The van der Waals surface area contributed by atoms with Crippen molar-refractivity contribution in [1.82, 2.24) is 10.6 Å². The number of ether oxygens (including phenoxy) is 1. The molecule has 0 aromatic heterocycles. The number of hydrogen-bond donors (Lipinski definition) is 2. The van der Waals surface area contributed by atoms with E-state index in [9.17, 15) is 9.59 Å². The van der Waals surface area contributed by atoms with Crippen LogP contribution >= 0.6 is 0 Å². The smallest absolute Gasteiger partial charge is 0.408 e. The molecular formula is C11H20N2O3. The Balaban J connectivity index is 2.43. The first kappa shape index (κ1) is 12.8. The van der Waals surface area contributed by atoms with Crippen molar-refractivity contribution in [3.63, 3.8) is 0 Å². The molecule has 2 atom stereocenters. The number of alkyl carbamates (subject to hydrolysis) is 1. The van der Waals surface area contributed by atoms with Gasteiger partial charge in [-0.05, 0) is 40.5 Å². The van der Waals surface area contributed by atoms with Crippen LogP contribution in [0.4, 0.5) is 4.79 Å². The SMILES string of the molecule is C[C@H]1CCC(NC(=O)OC(C)(C)C)C(=O)N1. The lowest BCUT2D eigenvalue weighted by atomic mass is 10.0. The maximum absolute atomic E-state index is 11.5. The molecule has 2 amide bonds. The van der Waals surface area contributed by atoms with Gasteiger partial charge in [0.15, 0.2) is 0 Å². The molecule has 1 fully saturated rings. The fraction of sp³-hybridized carbons (Fsp3) is 0.818. The van der Waals surface area contributed by atoms with Crippen molar-refractivity contribution >= 4 is 12.0 Å². The molecule has 0 spiro atoms. The number of carbonyl (C=O) groups excluding carboxylic acids is 2. The first-order valence-electron chi connectivity index (χ1n) is 5.58. The van der Waals surface area contributed by atoms with E-state index in [2.05, 4.69) is 10.6 Å². The first-order chi connectivity index (χ1) is 7.28. The summed E-state index contributed by atoms with van der Waals surface area (Å²) in [4.78, 5) is 23.0. The molecule has 1 unspecified atom stereocenters. The van der Waals surface area contributed by atoms with Crippen LogP contribution < -0.4 is 10.6 Å². The van der Waals surface area contributed by atoms with Gasteiger partial charge in [-0.15, -0.1) is 0 Å². The molecule has 0 aromatic carbocycles. The highest BCUT2D eigenvalue weighted by atomic mass is 16.6. The number of rotatable bonds is 1. The zero-order chi connectivity index (χ0) is 12.3. The van der Waals surface area contributed by atoms with Crippen LogP contribution in [0.25, 0.3) is 0 Å². The number of hydrogen-bond acceptors (Lipinski definition) is 3. The van der Waals surface area contributed by atoms with Gasteiger partial charge in [0, 0.05) is 6.04 Å². The van der Waals surface area contributed by atoms with Crippen molar-refractivity contribution < 1.29 is 14.3 Å². The van der Waals surface area contributed by atoms with Crippen molar-refractivity contribution in [2.45, 2.75) is 58.2 Å². The lowest BCUT2D eigenvalue weighted by Gasteiger charge is -2.28. The fourth-order valence-corrected chi connectivity index (χ4v) is 1.55. The number of nitrogens with one attached hydrogen (secondary N) is 2. The van der Waals surface area contributed by atoms with E-state index in [1.54, 1.807) is 20.8 Å². The maximum atomic E-state index is 11.5. The summed E-state index contributed by atoms with van der Waals surface area (Å²) in [5.41, 5.74) is -0.539. The second kappa shape index (κ2) is 4.72. The third kappa shape index (κ3) is 4.08. The topological polar surface area (TPSA) is 67.4 Å². The molecule has 2 N–H and O–H groups in total. The van der Waals surface area contributed by atoms with E-state index in [-0.39, 0.29) is 11.9 Å².